The number of rotatable bonds is 2. The lowest BCUT2D eigenvalue weighted by Gasteiger charge is -2.18. The monoisotopic (exact) mass is 234 g/mol. The molecular formula is C13H18N2O2. The van der Waals surface area contributed by atoms with E-state index in [4.69, 9.17) is 9.47 Å². The summed E-state index contributed by atoms with van der Waals surface area (Å²) >= 11 is 0. The van der Waals surface area contributed by atoms with E-state index in [9.17, 15) is 0 Å². The van der Waals surface area contributed by atoms with Gasteiger partial charge in [-0.25, -0.2) is 0 Å². The topological polar surface area (TPSA) is 42.5 Å². The average molecular weight is 234 g/mol. The fourth-order valence-corrected chi connectivity index (χ4v) is 2.48. The highest BCUT2D eigenvalue weighted by Gasteiger charge is 2.30. The Morgan fingerprint density at radius 2 is 2.12 bits per heavy atom. The van der Waals surface area contributed by atoms with Crippen LogP contribution in [-0.2, 0) is 0 Å². The Kier molecular flexibility index (Phi) is 2.40. The van der Waals surface area contributed by atoms with Gasteiger partial charge in [-0.1, -0.05) is 0 Å². The van der Waals surface area contributed by atoms with Crippen LogP contribution in [0.4, 0.5) is 5.69 Å². The van der Waals surface area contributed by atoms with E-state index in [-0.39, 0.29) is 5.54 Å². The number of hydrogen-bond acceptors (Lipinski definition) is 4. The van der Waals surface area contributed by atoms with Crippen molar-refractivity contribution in [2.75, 3.05) is 18.7 Å². The van der Waals surface area contributed by atoms with Crippen molar-refractivity contribution in [3.8, 4) is 11.5 Å². The summed E-state index contributed by atoms with van der Waals surface area (Å²) in [5, 5.41) is 7.03. The lowest BCUT2D eigenvalue weighted by atomic mass is 10.0. The van der Waals surface area contributed by atoms with Crippen molar-refractivity contribution in [1.82, 2.24) is 5.32 Å². The highest BCUT2D eigenvalue weighted by Crippen LogP contribution is 2.34. The molecular weight excluding hydrogens is 216 g/mol. The molecule has 2 heterocycles. The summed E-state index contributed by atoms with van der Waals surface area (Å²) in [6.45, 7) is 5.79. The van der Waals surface area contributed by atoms with Crippen LogP contribution in [0.5, 0.6) is 11.5 Å². The van der Waals surface area contributed by atoms with Crippen molar-refractivity contribution in [1.29, 1.82) is 0 Å². The van der Waals surface area contributed by atoms with Crippen LogP contribution in [0, 0.1) is 0 Å². The van der Waals surface area contributed by atoms with Crippen LogP contribution in [0.1, 0.15) is 20.3 Å². The molecule has 3 rings (SSSR count). The summed E-state index contributed by atoms with van der Waals surface area (Å²) in [6.07, 6.45) is 1.13. The first-order chi connectivity index (χ1) is 8.12. The lowest BCUT2D eigenvalue weighted by molar-refractivity contribution is 0.174. The Hall–Kier alpha value is -1.42. The zero-order valence-electron chi connectivity index (χ0n) is 10.2. The van der Waals surface area contributed by atoms with E-state index in [1.165, 1.54) is 0 Å². The average Bonchev–Trinajstić information content (AvgIpc) is 2.84. The fraction of sp³-hybridized carbons (Fsp3) is 0.538. The van der Waals surface area contributed by atoms with Gasteiger partial charge in [-0.15, -0.1) is 0 Å². The highest BCUT2D eigenvalue weighted by molar-refractivity contribution is 5.56. The first kappa shape index (κ1) is 10.7. The van der Waals surface area contributed by atoms with Crippen LogP contribution in [0.25, 0.3) is 0 Å². The molecule has 2 aliphatic rings. The second kappa shape index (κ2) is 3.81. The number of fused-ring (bicyclic) bond motifs is 1. The van der Waals surface area contributed by atoms with Gasteiger partial charge in [0.05, 0.1) is 0 Å². The first-order valence-electron chi connectivity index (χ1n) is 6.04. The molecule has 0 saturated carbocycles. The quantitative estimate of drug-likeness (QED) is 0.821. The minimum absolute atomic E-state index is 0.230. The molecule has 0 radical (unpaired) electrons. The van der Waals surface area contributed by atoms with Gasteiger partial charge in [0.15, 0.2) is 11.5 Å². The summed E-state index contributed by atoms with van der Waals surface area (Å²) in [5.41, 5.74) is 1.33. The van der Waals surface area contributed by atoms with Crippen molar-refractivity contribution < 1.29 is 9.47 Å². The maximum absolute atomic E-state index is 5.37. The minimum atomic E-state index is 0.230. The molecule has 0 aromatic heterocycles. The molecule has 92 valence electrons. The van der Waals surface area contributed by atoms with Crippen molar-refractivity contribution >= 4 is 5.69 Å². The van der Waals surface area contributed by atoms with Gasteiger partial charge in [-0.3, -0.25) is 0 Å². The maximum atomic E-state index is 5.37. The van der Waals surface area contributed by atoms with Gasteiger partial charge < -0.3 is 20.1 Å². The second-order valence-corrected chi connectivity index (χ2v) is 5.38. The van der Waals surface area contributed by atoms with Gasteiger partial charge in [0.25, 0.3) is 0 Å². The molecule has 4 nitrogen and oxygen atoms in total. The standard InChI is InChI=1S/C13H18N2O2/c1-13(2)6-10(7-14-13)15-9-3-4-11-12(5-9)17-8-16-11/h3-5,10,14-15H,6-8H2,1-2H3. The summed E-state index contributed by atoms with van der Waals surface area (Å²) in [6, 6.07) is 6.48. The van der Waals surface area contributed by atoms with Crippen LogP contribution < -0.4 is 20.1 Å². The smallest absolute Gasteiger partial charge is 0.231 e. The largest absolute Gasteiger partial charge is 0.454 e. The third-order valence-corrected chi connectivity index (χ3v) is 3.33. The van der Waals surface area contributed by atoms with Crippen molar-refractivity contribution in [2.24, 2.45) is 0 Å². The Balaban J connectivity index is 1.70. The van der Waals surface area contributed by atoms with E-state index < -0.39 is 0 Å². The number of ether oxygens (including phenoxy) is 2. The summed E-state index contributed by atoms with van der Waals surface area (Å²) in [7, 11) is 0. The molecule has 4 heteroatoms. The third-order valence-electron chi connectivity index (χ3n) is 3.33. The van der Waals surface area contributed by atoms with Gasteiger partial charge in [0.1, 0.15) is 0 Å². The molecule has 2 N–H and O–H groups in total. The van der Waals surface area contributed by atoms with Crippen molar-refractivity contribution in [3.05, 3.63) is 18.2 Å². The van der Waals surface area contributed by atoms with Crippen molar-refractivity contribution in [3.63, 3.8) is 0 Å². The predicted octanol–water partition coefficient (Wildman–Crippen LogP) is 1.97. The molecule has 0 amide bonds. The molecule has 1 fully saturated rings. The van der Waals surface area contributed by atoms with E-state index >= 15 is 0 Å². The Morgan fingerprint density at radius 3 is 2.88 bits per heavy atom. The second-order valence-electron chi connectivity index (χ2n) is 5.38. The van der Waals surface area contributed by atoms with Crippen molar-refractivity contribution in [2.45, 2.75) is 31.8 Å². The minimum Gasteiger partial charge on any atom is -0.454 e. The Morgan fingerprint density at radius 1 is 1.29 bits per heavy atom. The van der Waals surface area contributed by atoms with Crippen LogP contribution in [0.3, 0.4) is 0 Å². The summed E-state index contributed by atoms with van der Waals surface area (Å²) < 4.78 is 10.7. The molecule has 0 aliphatic carbocycles. The lowest BCUT2D eigenvalue weighted by Crippen LogP contribution is -2.31. The molecule has 1 aromatic carbocycles. The zero-order chi connectivity index (χ0) is 11.9. The summed E-state index contributed by atoms with van der Waals surface area (Å²) in [5.74, 6) is 1.67. The van der Waals surface area contributed by atoms with E-state index in [2.05, 4.69) is 24.5 Å². The van der Waals surface area contributed by atoms with E-state index in [1.54, 1.807) is 0 Å². The molecule has 0 spiro atoms. The maximum Gasteiger partial charge on any atom is 0.231 e. The number of hydrogen-bond donors (Lipinski definition) is 2. The molecule has 17 heavy (non-hydrogen) atoms. The first-order valence-corrected chi connectivity index (χ1v) is 6.04. The molecule has 1 unspecified atom stereocenters. The van der Waals surface area contributed by atoms with Crippen LogP contribution in [-0.4, -0.2) is 24.9 Å². The van der Waals surface area contributed by atoms with E-state index in [0.29, 0.717) is 12.8 Å². The Labute approximate surface area is 101 Å². The van der Waals surface area contributed by atoms with Gasteiger partial charge >= 0.3 is 0 Å². The van der Waals surface area contributed by atoms with Gasteiger partial charge in [0.2, 0.25) is 6.79 Å². The Bertz CT molecular complexity index is 431. The fourth-order valence-electron chi connectivity index (χ4n) is 2.48. The summed E-state index contributed by atoms with van der Waals surface area (Å²) in [4.78, 5) is 0. The molecule has 1 saturated heterocycles. The molecule has 0 bridgehead atoms. The third kappa shape index (κ3) is 2.17. The molecule has 1 aromatic rings. The molecule has 2 aliphatic heterocycles. The molecule has 1 atom stereocenters. The number of anilines is 1. The van der Waals surface area contributed by atoms with Crippen LogP contribution in [0.2, 0.25) is 0 Å². The number of benzene rings is 1. The van der Waals surface area contributed by atoms with Gasteiger partial charge in [0, 0.05) is 29.9 Å². The van der Waals surface area contributed by atoms with E-state index in [1.807, 2.05) is 18.2 Å². The number of nitrogens with one attached hydrogen (secondary N) is 2. The van der Waals surface area contributed by atoms with E-state index in [0.717, 1.165) is 30.2 Å². The van der Waals surface area contributed by atoms with Gasteiger partial charge in [-0.05, 0) is 32.4 Å². The SMILES string of the molecule is CC1(C)CC(Nc2ccc3c(c2)OCO3)CN1. The zero-order valence-corrected chi connectivity index (χ0v) is 10.2. The highest BCUT2D eigenvalue weighted by atomic mass is 16.7. The van der Waals surface area contributed by atoms with Gasteiger partial charge in [-0.2, -0.15) is 0 Å². The van der Waals surface area contributed by atoms with Crippen LogP contribution in [0.15, 0.2) is 18.2 Å². The predicted molar refractivity (Wildman–Crippen MR) is 66.7 cm³/mol. The normalized spacial score (nSPS) is 24.9. The van der Waals surface area contributed by atoms with Crippen LogP contribution >= 0.6 is 0 Å².